The van der Waals surface area contributed by atoms with Gasteiger partial charge in [-0.25, -0.2) is 4.98 Å². The van der Waals surface area contributed by atoms with Crippen molar-refractivity contribution >= 4 is 11.3 Å². The molecule has 0 spiro atoms. The lowest BCUT2D eigenvalue weighted by Gasteiger charge is -2.31. The molecular formula is C16H21N3OS. The van der Waals surface area contributed by atoms with Crippen molar-refractivity contribution in [2.24, 2.45) is 0 Å². The number of aromatic nitrogens is 1. The van der Waals surface area contributed by atoms with Crippen LogP contribution in [-0.4, -0.2) is 43.2 Å². The third-order valence-corrected chi connectivity index (χ3v) is 4.98. The van der Waals surface area contributed by atoms with Crippen LogP contribution in [0.3, 0.4) is 0 Å². The van der Waals surface area contributed by atoms with E-state index in [4.69, 9.17) is 9.72 Å². The van der Waals surface area contributed by atoms with E-state index in [0.717, 1.165) is 43.2 Å². The van der Waals surface area contributed by atoms with Crippen LogP contribution >= 0.6 is 11.3 Å². The molecule has 0 aliphatic carbocycles. The van der Waals surface area contributed by atoms with Crippen LogP contribution in [0, 0.1) is 0 Å². The molecule has 1 saturated heterocycles. The number of hydrogen-bond donors (Lipinski definition) is 1. The van der Waals surface area contributed by atoms with Crippen LogP contribution in [0.5, 0.6) is 5.75 Å². The first-order chi connectivity index (χ1) is 10.3. The summed E-state index contributed by atoms with van der Waals surface area (Å²) < 4.78 is 5.43. The molecule has 1 fully saturated rings. The van der Waals surface area contributed by atoms with Crippen LogP contribution in [0.4, 0.5) is 0 Å². The summed E-state index contributed by atoms with van der Waals surface area (Å²) in [5.41, 5.74) is 2.07. The molecule has 0 saturated carbocycles. The first kappa shape index (κ1) is 14.5. The van der Waals surface area contributed by atoms with E-state index in [0.29, 0.717) is 6.04 Å². The molecule has 1 aliphatic heterocycles. The molecule has 1 aromatic carbocycles. The van der Waals surface area contributed by atoms with Crippen molar-refractivity contribution in [3.05, 3.63) is 34.7 Å². The summed E-state index contributed by atoms with van der Waals surface area (Å²) in [5, 5.41) is 6.70. The van der Waals surface area contributed by atoms with Gasteiger partial charge in [-0.05, 0) is 19.1 Å². The molecule has 112 valence electrons. The third-order valence-electron chi connectivity index (χ3n) is 3.96. The molecule has 1 N–H and O–H groups in total. The van der Waals surface area contributed by atoms with Gasteiger partial charge in [0.1, 0.15) is 10.8 Å². The van der Waals surface area contributed by atoms with Gasteiger partial charge in [0.05, 0.1) is 18.8 Å². The number of nitrogens with one attached hydrogen (secondary N) is 1. The Hall–Kier alpha value is -1.43. The number of rotatable bonds is 4. The highest BCUT2D eigenvalue weighted by Gasteiger charge is 2.21. The highest BCUT2D eigenvalue weighted by Crippen LogP contribution is 2.33. The zero-order valence-corrected chi connectivity index (χ0v) is 13.3. The maximum atomic E-state index is 5.43. The van der Waals surface area contributed by atoms with Crippen molar-refractivity contribution in [3.8, 4) is 17.0 Å². The van der Waals surface area contributed by atoms with Crippen molar-refractivity contribution in [3.63, 3.8) is 0 Å². The summed E-state index contributed by atoms with van der Waals surface area (Å²) >= 11 is 1.74. The quantitative estimate of drug-likeness (QED) is 0.942. The second-order valence-electron chi connectivity index (χ2n) is 5.23. The molecule has 3 rings (SSSR count). The Morgan fingerprint density at radius 2 is 2.05 bits per heavy atom. The SMILES string of the molecule is COc1ccccc1-c1csc(C(C)N2CCNCC2)n1. The number of thiazole rings is 1. The van der Waals surface area contributed by atoms with Crippen molar-refractivity contribution in [2.75, 3.05) is 33.3 Å². The fourth-order valence-electron chi connectivity index (χ4n) is 2.69. The van der Waals surface area contributed by atoms with Gasteiger partial charge < -0.3 is 10.1 Å². The average molecular weight is 303 g/mol. The van der Waals surface area contributed by atoms with Gasteiger partial charge in [-0.1, -0.05) is 12.1 Å². The minimum atomic E-state index is 0.376. The maximum absolute atomic E-state index is 5.43. The second-order valence-corrected chi connectivity index (χ2v) is 6.12. The minimum Gasteiger partial charge on any atom is -0.496 e. The highest BCUT2D eigenvalue weighted by atomic mass is 32.1. The standard InChI is InChI=1S/C16H21N3OS/c1-12(19-9-7-17-8-10-19)16-18-14(11-21-16)13-5-3-4-6-15(13)20-2/h3-6,11-12,17H,7-10H2,1-2H3. The van der Waals surface area contributed by atoms with Crippen LogP contribution in [0.1, 0.15) is 18.0 Å². The predicted molar refractivity (Wildman–Crippen MR) is 87.0 cm³/mol. The predicted octanol–water partition coefficient (Wildman–Crippen LogP) is 2.78. The second kappa shape index (κ2) is 6.56. The average Bonchev–Trinajstić information content (AvgIpc) is 3.04. The molecule has 1 aromatic heterocycles. The number of ether oxygens (including phenoxy) is 1. The highest BCUT2D eigenvalue weighted by molar-refractivity contribution is 7.10. The first-order valence-electron chi connectivity index (χ1n) is 7.33. The molecule has 2 heterocycles. The van der Waals surface area contributed by atoms with E-state index >= 15 is 0 Å². The van der Waals surface area contributed by atoms with Crippen molar-refractivity contribution in [1.29, 1.82) is 0 Å². The molecule has 1 unspecified atom stereocenters. The van der Waals surface area contributed by atoms with E-state index in [1.807, 2.05) is 18.2 Å². The molecule has 0 bridgehead atoms. The smallest absolute Gasteiger partial charge is 0.128 e. The number of methoxy groups -OCH3 is 1. The van der Waals surface area contributed by atoms with Gasteiger partial charge in [0.15, 0.2) is 0 Å². The van der Waals surface area contributed by atoms with Crippen molar-refractivity contribution in [2.45, 2.75) is 13.0 Å². The Kier molecular flexibility index (Phi) is 4.53. The van der Waals surface area contributed by atoms with E-state index in [2.05, 4.69) is 28.6 Å². The fraction of sp³-hybridized carbons (Fsp3) is 0.438. The van der Waals surface area contributed by atoms with Gasteiger partial charge in [-0.2, -0.15) is 0 Å². The zero-order chi connectivity index (χ0) is 14.7. The molecular weight excluding hydrogens is 282 g/mol. The summed E-state index contributed by atoms with van der Waals surface area (Å²) in [7, 11) is 1.70. The largest absolute Gasteiger partial charge is 0.496 e. The number of benzene rings is 1. The van der Waals surface area contributed by atoms with Crippen LogP contribution in [0.25, 0.3) is 11.3 Å². The Morgan fingerprint density at radius 1 is 1.29 bits per heavy atom. The van der Waals surface area contributed by atoms with Crippen LogP contribution < -0.4 is 10.1 Å². The molecule has 1 atom stereocenters. The van der Waals surface area contributed by atoms with Gasteiger partial charge in [-0.3, -0.25) is 4.90 Å². The Morgan fingerprint density at radius 3 is 2.81 bits per heavy atom. The summed E-state index contributed by atoms with van der Waals surface area (Å²) in [5.74, 6) is 0.879. The summed E-state index contributed by atoms with van der Waals surface area (Å²) in [6, 6.07) is 8.43. The van der Waals surface area contributed by atoms with Crippen LogP contribution in [0.2, 0.25) is 0 Å². The molecule has 2 aromatic rings. The number of nitrogens with zero attached hydrogens (tertiary/aromatic N) is 2. The maximum Gasteiger partial charge on any atom is 0.128 e. The lowest BCUT2D eigenvalue weighted by Crippen LogP contribution is -2.44. The van der Waals surface area contributed by atoms with Crippen LogP contribution in [-0.2, 0) is 0 Å². The van der Waals surface area contributed by atoms with Gasteiger partial charge in [0.2, 0.25) is 0 Å². The van der Waals surface area contributed by atoms with Gasteiger partial charge in [0, 0.05) is 37.1 Å². The summed E-state index contributed by atoms with van der Waals surface area (Å²) in [6.07, 6.45) is 0. The van der Waals surface area contributed by atoms with Gasteiger partial charge >= 0.3 is 0 Å². The van der Waals surface area contributed by atoms with Gasteiger partial charge in [0.25, 0.3) is 0 Å². The van der Waals surface area contributed by atoms with Crippen LogP contribution in [0.15, 0.2) is 29.6 Å². The first-order valence-corrected chi connectivity index (χ1v) is 8.21. The Balaban J connectivity index is 1.82. The molecule has 0 amide bonds. The van der Waals surface area contributed by atoms with Gasteiger partial charge in [-0.15, -0.1) is 11.3 Å². The normalized spacial score (nSPS) is 17.6. The number of hydrogen-bond acceptors (Lipinski definition) is 5. The molecule has 1 aliphatic rings. The zero-order valence-electron chi connectivity index (χ0n) is 12.5. The summed E-state index contributed by atoms with van der Waals surface area (Å²) in [6.45, 7) is 6.55. The molecule has 0 radical (unpaired) electrons. The Labute approximate surface area is 129 Å². The van der Waals surface area contributed by atoms with E-state index in [9.17, 15) is 0 Å². The molecule has 4 nitrogen and oxygen atoms in total. The number of piperazine rings is 1. The lowest BCUT2D eigenvalue weighted by atomic mass is 10.1. The Bertz CT molecular complexity index is 593. The van der Waals surface area contributed by atoms with E-state index < -0.39 is 0 Å². The topological polar surface area (TPSA) is 37.4 Å². The van der Waals surface area contributed by atoms with E-state index in [1.54, 1.807) is 18.4 Å². The third kappa shape index (κ3) is 3.10. The van der Waals surface area contributed by atoms with E-state index in [-0.39, 0.29) is 0 Å². The lowest BCUT2D eigenvalue weighted by molar-refractivity contribution is 0.185. The fourth-order valence-corrected chi connectivity index (χ4v) is 3.59. The number of para-hydroxylation sites is 1. The minimum absolute atomic E-state index is 0.376. The van der Waals surface area contributed by atoms with Crippen molar-refractivity contribution in [1.82, 2.24) is 15.2 Å². The monoisotopic (exact) mass is 303 g/mol. The summed E-state index contributed by atoms with van der Waals surface area (Å²) in [4.78, 5) is 7.33. The van der Waals surface area contributed by atoms with Crippen molar-refractivity contribution < 1.29 is 4.74 Å². The van der Waals surface area contributed by atoms with E-state index in [1.165, 1.54) is 5.01 Å². The molecule has 21 heavy (non-hydrogen) atoms. The molecule has 5 heteroatoms.